The molecule has 2 N–H and O–H groups in total. The van der Waals surface area contributed by atoms with E-state index in [0.717, 1.165) is 5.56 Å². The van der Waals surface area contributed by atoms with Crippen molar-refractivity contribution in [2.45, 2.75) is 0 Å². The molecule has 0 unspecified atom stereocenters. The SMILES string of the molecule is C=CCOc1cccc(/C=N/NC(=O)CNC(=O)c2ccccc2Cl)c1. The third-order valence-corrected chi connectivity index (χ3v) is 3.49. The highest BCUT2D eigenvalue weighted by Crippen LogP contribution is 2.14. The molecule has 6 nitrogen and oxygen atoms in total. The normalized spacial score (nSPS) is 10.3. The van der Waals surface area contributed by atoms with Crippen LogP contribution in [0, 0.1) is 0 Å². The molecule has 2 amide bonds. The maximum absolute atomic E-state index is 12.0. The fourth-order valence-corrected chi connectivity index (χ4v) is 2.18. The monoisotopic (exact) mass is 371 g/mol. The van der Waals surface area contributed by atoms with E-state index in [1.54, 1.807) is 36.4 Å². The van der Waals surface area contributed by atoms with E-state index in [4.69, 9.17) is 16.3 Å². The predicted octanol–water partition coefficient (Wildman–Crippen LogP) is 2.78. The first kappa shape index (κ1) is 19.2. The number of hydrogen-bond acceptors (Lipinski definition) is 4. The molecule has 0 atom stereocenters. The van der Waals surface area contributed by atoms with Gasteiger partial charge in [0.1, 0.15) is 12.4 Å². The van der Waals surface area contributed by atoms with Gasteiger partial charge in [0, 0.05) is 0 Å². The number of nitrogens with zero attached hydrogens (tertiary/aromatic N) is 1. The number of ether oxygens (including phenoxy) is 1. The molecule has 0 radical (unpaired) electrons. The molecule has 7 heteroatoms. The summed E-state index contributed by atoms with van der Waals surface area (Å²) in [5, 5.41) is 6.66. The summed E-state index contributed by atoms with van der Waals surface area (Å²) >= 11 is 5.93. The van der Waals surface area contributed by atoms with Crippen LogP contribution in [0.15, 0.2) is 66.3 Å². The van der Waals surface area contributed by atoms with E-state index < -0.39 is 11.8 Å². The van der Waals surface area contributed by atoms with Gasteiger partial charge in [-0.3, -0.25) is 9.59 Å². The molecule has 2 rings (SSSR count). The third-order valence-electron chi connectivity index (χ3n) is 3.16. The second kappa shape index (κ2) is 10.0. The largest absolute Gasteiger partial charge is 0.490 e. The molecule has 0 bridgehead atoms. The lowest BCUT2D eigenvalue weighted by atomic mass is 10.2. The number of hydrogen-bond donors (Lipinski definition) is 2. The quantitative estimate of drug-likeness (QED) is 0.425. The van der Waals surface area contributed by atoms with Gasteiger partial charge in [0.25, 0.3) is 11.8 Å². The van der Waals surface area contributed by atoms with Crippen LogP contribution in [0.25, 0.3) is 0 Å². The molecule has 0 heterocycles. The van der Waals surface area contributed by atoms with Gasteiger partial charge in [-0.2, -0.15) is 5.10 Å². The standard InChI is InChI=1S/C19H18ClN3O3/c1-2-10-26-15-7-5-6-14(11-15)12-22-23-18(24)13-21-19(25)16-8-3-4-9-17(16)20/h2-9,11-12H,1,10,13H2,(H,21,25)(H,23,24)/b22-12+. The smallest absolute Gasteiger partial charge is 0.259 e. The zero-order valence-corrected chi connectivity index (χ0v) is 14.7. The average Bonchev–Trinajstić information content (AvgIpc) is 2.65. The van der Waals surface area contributed by atoms with Crippen molar-refractivity contribution in [3.63, 3.8) is 0 Å². The molecule has 0 aliphatic carbocycles. The molecule has 0 spiro atoms. The van der Waals surface area contributed by atoms with Gasteiger partial charge in [0.05, 0.1) is 23.3 Å². The maximum atomic E-state index is 12.0. The molecule has 0 aliphatic heterocycles. The Balaban J connectivity index is 1.81. The van der Waals surface area contributed by atoms with Crippen LogP contribution in [-0.4, -0.2) is 31.2 Å². The molecule has 0 aliphatic rings. The van der Waals surface area contributed by atoms with Crippen LogP contribution in [0.2, 0.25) is 5.02 Å². The van der Waals surface area contributed by atoms with Crippen molar-refractivity contribution < 1.29 is 14.3 Å². The van der Waals surface area contributed by atoms with Crippen LogP contribution in [0.4, 0.5) is 0 Å². The molecule has 0 aromatic heterocycles. The predicted molar refractivity (Wildman–Crippen MR) is 102 cm³/mol. The summed E-state index contributed by atoms with van der Waals surface area (Å²) in [5.41, 5.74) is 3.40. The minimum absolute atomic E-state index is 0.218. The molecule has 0 fully saturated rings. The van der Waals surface area contributed by atoms with Gasteiger partial charge in [-0.1, -0.05) is 48.5 Å². The highest BCUT2D eigenvalue weighted by molar-refractivity contribution is 6.33. The van der Waals surface area contributed by atoms with Crippen LogP contribution in [0.3, 0.4) is 0 Å². The number of carbonyl (C=O) groups excluding carboxylic acids is 2. The molecule has 0 saturated carbocycles. The zero-order chi connectivity index (χ0) is 18.8. The van der Waals surface area contributed by atoms with Gasteiger partial charge in [-0.25, -0.2) is 5.43 Å². The van der Waals surface area contributed by atoms with Gasteiger partial charge in [-0.05, 0) is 29.8 Å². The molecular formula is C19H18ClN3O3. The summed E-state index contributed by atoms with van der Waals surface area (Å²) in [6.07, 6.45) is 3.13. The lowest BCUT2D eigenvalue weighted by Crippen LogP contribution is -2.35. The van der Waals surface area contributed by atoms with E-state index in [9.17, 15) is 9.59 Å². The second-order valence-electron chi connectivity index (χ2n) is 5.13. The zero-order valence-electron chi connectivity index (χ0n) is 13.9. The third kappa shape index (κ3) is 6.07. The van der Waals surface area contributed by atoms with E-state index in [-0.39, 0.29) is 6.54 Å². The number of halogens is 1. The number of carbonyl (C=O) groups is 2. The molecule has 26 heavy (non-hydrogen) atoms. The molecule has 2 aromatic rings. The maximum Gasteiger partial charge on any atom is 0.259 e. The number of nitrogens with one attached hydrogen (secondary N) is 2. The van der Waals surface area contributed by atoms with Crippen molar-refractivity contribution in [1.82, 2.24) is 10.7 Å². The first-order valence-electron chi connectivity index (χ1n) is 7.78. The summed E-state index contributed by atoms with van der Waals surface area (Å²) in [5.74, 6) is -0.213. The van der Waals surface area contributed by atoms with Crippen molar-refractivity contribution in [2.24, 2.45) is 5.10 Å². The fraction of sp³-hybridized carbons (Fsp3) is 0.105. The highest BCUT2D eigenvalue weighted by Gasteiger charge is 2.10. The first-order valence-corrected chi connectivity index (χ1v) is 8.16. The van der Waals surface area contributed by atoms with Crippen LogP contribution in [-0.2, 0) is 4.79 Å². The number of benzene rings is 2. The lowest BCUT2D eigenvalue weighted by Gasteiger charge is -2.05. The Labute approximate surface area is 156 Å². The summed E-state index contributed by atoms with van der Waals surface area (Å²) in [4.78, 5) is 23.7. The Hall–Kier alpha value is -3.12. The van der Waals surface area contributed by atoms with E-state index in [1.807, 2.05) is 18.2 Å². The Kier molecular flexibility index (Phi) is 7.39. The van der Waals surface area contributed by atoms with Gasteiger partial charge >= 0.3 is 0 Å². The summed E-state index contributed by atoms with van der Waals surface area (Å²) in [6.45, 7) is 3.77. The van der Waals surface area contributed by atoms with E-state index in [2.05, 4.69) is 22.4 Å². The van der Waals surface area contributed by atoms with Crippen LogP contribution in [0.1, 0.15) is 15.9 Å². The second-order valence-corrected chi connectivity index (χ2v) is 5.54. The van der Waals surface area contributed by atoms with Gasteiger partial charge in [0.2, 0.25) is 0 Å². The van der Waals surface area contributed by atoms with Gasteiger partial charge < -0.3 is 10.1 Å². The van der Waals surface area contributed by atoms with Gasteiger partial charge in [0.15, 0.2) is 0 Å². The Morgan fingerprint density at radius 3 is 2.77 bits per heavy atom. The van der Waals surface area contributed by atoms with Crippen LogP contribution >= 0.6 is 11.6 Å². The summed E-state index contributed by atoms with van der Waals surface area (Å²) in [6, 6.07) is 13.8. The molecule has 2 aromatic carbocycles. The molecular weight excluding hydrogens is 354 g/mol. The topological polar surface area (TPSA) is 79.8 Å². The average molecular weight is 372 g/mol. The molecule has 0 saturated heterocycles. The van der Waals surface area contributed by atoms with Crippen molar-refractivity contribution in [1.29, 1.82) is 0 Å². The van der Waals surface area contributed by atoms with Crippen LogP contribution < -0.4 is 15.5 Å². The summed E-state index contributed by atoms with van der Waals surface area (Å²) in [7, 11) is 0. The lowest BCUT2D eigenvalue weighted by molar-refractivity contribution is -0.120. The van der Waals surface area contributed by atoms with Crippen molar-refractivity contribution in [2.75, 3.05) is 13.2 Å². The van der Waals surface area contributed by atoms with E-state index in [1.165, 1.54) is 6.21 Å². The highest BCUT2D eigenvalue weighted by atomic mass is 35.5. The Morgan fingerprint density at radius 2 is 2.00 bits per heavy atom. The van der Waals surface area contributed by atoms with Crippen LogP contribution in [0.5, 0.6) is 5.75 Å². The summed E-state index contributed by atoms with van der Waals surface area (Å²) < 4.78 is 5.41. The van der Waals surface area contributed by atoms with Gasteiger partial charge in [-0.15, -0.1) is 0 Å². The minimum Gasteiger partial charge on any atom is -0.490 e. The number of amides is 2. The van der Waals surface area contributed by atoms with Crippen molar-refractivity contribution >= 4 is 29.6 Å². The number of hydrazone groups is 1. The number of rotatable bonds is 8. The molecule has 134 valence electrons. The van der Waals surface area contributed by atoms with Crippen molar-refractivity contribution in [3.8, 4) is 5.75 Å². The van der Waals surface area contributed by atoms with Crippen molar-refractivity contribution in [3.05, 3.63) is 77.3 Å². The van der Waals surface area contributed by atoms with E-state index in [0.29, 0.717) is 22.9 Å². The minimum atomic E-state index is -0.458. The Bertz CT molecular complexity index is 821. The van der Waals surface area contributed by atoms with E-state index >= 15 is 0 Å². The Morgan fingerprint density at radius 1 is 1.19 bits per heavy atom. The fourth-order valence-electron chi connectivity index (χ4n) is 1.96. The first-order chi connectivity index (χ1) is 12.6.